The number of carboxylic acids is 1. The zero-order chi connectivity index (χ0) is 14.1. The molecule has 0 spiro atoms. The van der Waals surface area contributed by atoms with Crippen molar-refractivity contribution >= 4 is 28.5 Å². The first-order valence-corrected chi connectivity index (χ1v) is 6.41. The van der Waals surface area contributed by atoms with Crippen LogP contribution in [0, 0.1) is 0 Å². The van der Waals surface area contributed by atoms with E-state index >= 15 is 0 Å². The lowest BCUT2D eigenvalue weighted by molar-refractivity contribution is 0.0697. The fourth-order valence-corrected chi connectivity index (χ4v) is 2.35. The second-order valence-corrected chi connectivity index (χ2v) is 4.84. The molecule has 2 aromatic carbocycles. The normalized spacial score (nSPS) is 10.7. The summed E-state index contributed by atoms with van der Waals surface area (Å²) in [5.41, 5.74) is 2.46. The lowest BCUT2D eigenvalue weighted by Gasteiger charge is -2.08. The number of pyridine rings is 1. The second kappa shape index (κ2) is 4.94. The zero-order valence-corrected chi connectivity index (χ0v) is 11.1. The van der Waals surface area contributed by atoms with Crippen molar-refractivity contribution in [3.8, 4) is 11.1 Å². The SMILES string of the molecule is O=C(O)c1cc(Cl)ccc1-c1ccc2cccnc2c1. The maximum absolute atomic E-state index is 11.3. The molecule has 0 radical (unpaired) electrons. The van der Waals surface area contributed by atoms with E-state index in [0.29, 0.717) is 10.6 Å². The number of hydrogen-bond donors (Lipinski definition) is 1. The number of nitrogens with zero attached hydrogens (tertiary/aromatic N) is 1. The lowest BCUT2D eigenvalue weighted by Crippen LogP contribution is -1.99. The van der Waals surface area contributed by atoms with Crippen molar-refractivity contribution in [1.82, 2.24) is 4.98 Å². The average molecular weight is 284 g/mol. The van der Waals surface area contributed by atoms with Crippen LogP contribution in [0.25, 0.3) is 22.0 Å². The van der Waals surface area contributed by atoms with Gasteiger partial charge in [-0.25, -0.2) is 4.79 Å². The minimum atomic E-state index is -0.997. The third kappa shape index (κ3) is 2.24. The van der Waals surface area contributed by atoms with Crippen LogP contribution in [0.3, 0.4) is 0 Å². The molecule has 3 aromatic rings. The highest BCUT2D eigenvalue weighted by molar-refractivity contribution is 6.31. The van der Waals surface area contributed by atoms with E-state index in [0.717, 1.165) is 16.5 Å². The molecule has 0 fully saturated rings. The predicted octanol–water partition coefficient (Wildman–Crippen LogP) is 4.25. The van der Waals surface area contributed by atoms with Crippen LogP contribution in [0.4, 0.5) is 0 Å². The van der Waals surface area contributed by atoms with Crippen molar-refractivity contribution in [2.24, 2.45) is 0 Å². The van der Waals surface area contributed by atoms with E-state index < -0.39 is 5.97 Å². The molecule has 4 heteroatoms. The van der Waals surface area contributed by atoms with Gasteiger partial charge in [0.1, 0.15) is 0 Å². The molecule has 0 bridgehead atoms. The van der Waals surface area contributed by atoms with Crippen LogP contribution in [0.15, 0.2) is 54.7 Å². The Bertz CT molecular complexity index is 814. The summed E-state index contributed by atoms with van der Waals surface area (Å²) >= 11 is 5.87. The Morgan fingerprint density at radius 2 is 1.95 bits per heavy atom. The number of aromatic carboxylic acids is 1. The molecular formula is C16H10ClNO2. The van der Waals surface area contributed by atoms with Crippen molar-refractivity contribution in [1.29, 1.82) is 0 Å². The van der Waals surface area contributed by atoms with Gasteiger partial charge in [0.05, 0.1) is 11.1 Å². The standard InChI is InChI=1S/C16H10ClNO2/c17-12-5-6-13(14(9-12)16(19)20)11-4-3-10-2-1-7-18-15(10)8-11/h1-9H,(H,19,20). The molecular weight excluding hydrogens is 274 g/mol. The molecule has 1 N–H and O–H groups in total. The summed E-state index contributed by atoms with van der Waals surface area (Å²) in [6.45, 7) is 0. The van der Waals surface area contributed by atoms with Gasteiger partial charge in [-0.2, -0.15) is 0 Å². The first-order valence-electron chi connectivity index (χ1n) is 6.03. The summed E-state index contributed by atoms with van der Waals surface area (Å²) in [4.78, 5) is 15.6. The third-order valence-electron chi connectivity index (χ3n) is 3.13. The molecule has 1 aromatic heterocycles. The molecule has 0 saturated carbocycles. The van der Waals surface area contributed by atoms with E-state index in [1.54, 1.807) is 18.3 Å². The highest BCUT2D eigenvalue weighted by atomic mass is 35.5. The Hall–Kier alpha value is -2.39. The Kier molecular flexibility index (Phi) is 3.12. The highest BCUT2D eigenvalue weighted by Crippen LogP contribution is 2.28. The van der Waals surface area contributed by atoms with Crippen LogP contribution >= 0.6 is 11.6 Å². The van der Waals surface area contributed by atoms with Gasteiger partial charge in [0.15, 0.2) is 0 Å². The Labute approximate surface area is 120 Å². The topological polar surface area (TPSA) is 50.2 Å². The van der Waals surface area contributed by atoms with Crippen molar-refractivity contribution in [3.63, 3.8) is 0 Å². The van der Waals surface area contributed by atoms with Crippen molar-refractivity contribution in [3.05, 3.63) is 65.3 Å². The van der Waals surface area contributed by atoms with Crippen LogP contribution in [0.1, 0.15) is 10.4 Å². The van der Waals surface area contributed by atoms with Gasteiger partial charge in [-0.05, 0) is 35.4 Å². The molecule has 0 amide bonds. The van der Waals surface area contributed by atoms with Crippen molar-refractivity contribution in [2.45, 2.75) is 0 Å². The van der Waals surface area contributed by atoms with Crippen LogP contribution in [0.2, 0.25) is 5.02 Å². The van der Waals surface area contributed by atoms with Gasteiger partial charge in [-0.3, -0.25) is 4.98 Å². The maximum atomic E-state index is 11.3. The fraction of sp³-hybridized carbons (Fsp3) is 0. The van der Waals surface area contributed by atoms with E-state index in [2.05, 4.69) is 4.98 Å². The number of benzene rings is 2. The molecule has 3 rings (SSSR count). The van der Waals surface area contributed by atoms with Gasteiger partial charge < -0.3 is 5.11 Å². The molecule has 0 aliphatic rings. The van der Waals surface area contributed by atoms with Crippen molar-refractivity contribution < 1.29 is 9.90 Å². The number of carbonyl (C=O) groups is 1. The van der Waals surface area contributed by atoms with Crippen LogP contribution < -0.4 is 0 Å². The molecule has 1 heterocycles. The molecule has 3 nitrogen and oxygen atoms in total. The Morgan fingerprint density at radius 1 is 1.10 bits per heavy atom. The number of aromatic nitrogens is 1. The van der Waals surface area contributed by atoms with E-state index in [1.165, 1.54) is 6.07 Å². The van der Waals surface area contributed by atoms with Gasteiger partial charge in [0, 0.05) is 16.6 Å². The summed E-state index contributed by atoms with van der Waals surface area (Å²) in [5, 5.41) is 10.7. The smallest absolute Gasteiger partial charge is 0.336 e. The summed E-state index contributed by atoms with van der Waals surface area (Å²) in [6.07, 6.45) is 1.71. The van der Waals surface area contributed by atoms with Gasteiger partial charge in [-0.1, -0.05) is 35.9 Å². The quantitative estimate of drug-likeness (QED) is 0.765. The third-order valence-corrected chi connectivity index (χ3v) is 3.36. The lowest BCUT2D eigenvalue weighted by atomic mass is 9.98. The van der Waals surface area contributed by atoms with Gasteiger partial charge >= 0.3 is 5.97 Å². The van der Waals surface area contributed by atoms with Crippen LogP contribution in [-0.4, -0.2) is 16.1 Å². The number of rotatable bonds is 2. The van der Waals surface area contributed by atoms with Gasteiger partial charge in [-0.15, -0.1) is 0 Å². The summed E-state index contributed by atoms with van der Waals surface area (Å²) in [6, 6.07) is 14.4. The fourth-order valence-electron chi connectivity index (χ4n) is 2.18. The average Bonchev–Trinajstić information content (AvgIpc) is 2.46. The number of carboxylic acid groups (broad SMARTS) is 1. The maximum Gasteiger partial charge on any atom is 0.336 e. The minimum Gasteiger partial charge on any atom is -0.478 e. The minimum absolute atomic E-state index is 0.188. The molecule has 0 unspecified atom stereocenters. The molecule has 0 aliphatic heterocycles. The monoisotopic (exact) mass is 283 g/mol. The first kappa shape index (κ1) is 12.6. The number of halogens is 1. The molecule has 20 heavy (non-hydrogen) atoms. The van der Waals surface area contributed by atoms with E-state index in [9.17, 15) is 9.90 Å². The number of hydrogen-bond acceptors (Lipinski definition) is 2. The first-order chi connectivity index (χ1) is 9.65. The zero-order valence-electron chi connectivity index (χ0n) is 10.4. The number of fused-ring (bicyclic) bond motifs is 1. The van der Waals surface area contributed by atoms with Gasteiger partial charge in [0.2, 0.25) is 0 Å². The molecule has 0 atom stereocenters. The van der Waals surface area contributed by atoms with Gasteiger partial charge in [0.25, 0.3) is 0 Å². The molecule has 0 aliphatic carbocycles. The highest BCUT2D eigenvalue weighted by Gasteiger charge is 2.12. The summed E-state index contributed by atoms with van der Waals surface area (Å²) in [5.74, 6) is -0.997. The van der Waals surface area contributed by atoms with Crippen LogP contribution in [-0.2, 0) is 0 Å². The van der Waals surface area contributed by atoms with E-state index in [4.69, 9.17) is 11.6 Å². The van der Waals surface area contributed by atoms with Crippen molar-refractivity contribution in [2.75, 3.05) is 0 Å². The Morgan fingerprint density at radius 3 is 2.75 bits per heavy atom. The second-order valence-electron chi connectivity index (χ2n) is 4.41. The van der Waals surface area contributed by atoms with E-state index in [1.807, 2.05) is 30.3 Å². The predicted molar refractivity (Wildman–Crippen MR) is 79.1 cm³/mol. The van der Waals surface area contributed by atoms with Crippen LogP contribution in [0.5, 0.6) is 0 Å². The largest absolute Gasteiger partial charge is 0.478 e. The summed E-state index contributed by atoms with van der Waals surface area (Å²) < 4.78 is 0. The van der Waals surface area contributed by atoms with E-state index in [-0.39, 0.29) is 5.56 Å². The summed E-state index contributed by atoms with van der Waals surface area (Å²) in [7, 11) is 0. The Balaban J connectivity index is 2.22. The molecule has 98 valence electrons. The molecule has 0 saturated heterocycles.